The number of carboxylic acid groups (broad SMARTS) is 1. The van der Waals surface area contributed by atoms with Crippen molar-refractivity contribution < 1.29 is 14.7 Å². The van der Waals surface area contributed by atoms with Crippen LogP contribution in [0.25, 0.3) is 22.0 Å². The Morgan fingerprint density at radius 1 is 1.29 bits per heavy atom. The predicted molar refractivity (Wildman–Crippen MR) is 109 cm³/mol. The van der Waals surface area contributed by atoms with Crippen LogP contribution in [0.3, 0.4) is 0 Å². The largest absolute Gasteiger partial charge is 0.483 e. The molecule has 1 atom stereocenters. The number of aromatic amines is 1. The van der Waals surface area contributed by atoms with Gasteiger partial charge < -0.3 is 15.3 Å². The smallest absolute Gasteiger partial charge is 0.290 e. The molecule has 0 unspecified atom stereocenters. The van der Waals surface area contributed by atoms with Gasteiger partial charge in [-0.15, -0.1) is 0 Å². The zero-order valence-corrected chi connectivity index (χ0v) is 16.1. The van der Waals surface area contributed by atoms with E-state index >= 15 is 0 Å². The Morgan fingerprint density at radius 3 is 2.71 bits per heavy atom. The fourth-order valence-corrected chi connectivity index (χ4v) is 4.83. The topological polar surface area (TPSA) is 98.3 Å². The molecule has 1 aromatic carbocycles. The molecule has 0 spiro atoms. The standard InChI is InChI=1S/C19H20N4OS.CH2O2/c24-19(20-17-10-23-6-3-12(17)4-7-23)18-15-2-1-13(9-16(15)21-22-18)14-5-8-25-11-14;2-1-3/h1-2,5,8-9,11-12,17H,3-4,6-7,10H2,(H,20,24)(H,21,22);1H,(H,2,3)/t17-;/m1./s1. The predicted octanol–water partition coefficient (Wildman–Crippen LogP) is 2.82. The number of nitrogens with one attached hydrogen (secondary N) is 2. The van der Waals surface area contributed by atoms with Crippen molar-refractivity contribution in [3.05, 3.63) is 40.7 Å². The van der Waals surface area contributed by atoms with Crippen molar-refractivity contribution in [3.63, 3.8) is 0 Å². The van der Waals surface area contributed by atoms with E-state index in [-0.39, 0.29) is 18.4 Å². The van der Waals surface area contributed by atoms with Gasteiger partial charge in [0.25, 0.3) is 12.4 Å². The lowest BCUT2D eigenvalue weighted by Crippen LogP contribution is -2.57. The second-order valence-electron chi connectivity index (χ2n) is 7.17. The average molecular weight is 398 g/mol. The number of nitrogens with zero attached hydrogens (tertiary/aromatic N) is 2. The van der Waals surface area contributed by atoms with Crippen molar-refractivity contribution in [2.75, 3.05) is 19.6 Å². The molecule has 3 aliphatic heterocycles. The third-order valence-corrected chi connectivity index (χ3v) is 6.29. The van der Waals surface area contributed by atoms with E-state index in [4.69, 9.17) is 9.90 Å². The van der Waals surface area contributed by atoms with E-state index in [1.54, 1.807) is 11.3 Å². The molecule has 6 rings (SSSR count). The van der Waals surface area contributed by atoms with E-state index in [2.05, 4.69) is 49.4 Å². The molecule has 3 N–H and O–H groups in total. The summed E-state index contributed by atoms with van der Waals surface area (Å²) in [5, 5.41) is 22.5. The summed E-state index contributed by atoms with van der Waals surface area (Å²) in [6.07, 6.45) is 2.38. The lowest BCUT2D eigenvalue weighted by Gasteiger charge is -2.44. The fourth-order valence-electron chi connectivity index (χ4n) is 4.17. The normalized spacial score (nSPS) is 23.1. The SMILES string of the molecule is O=C(N[C@@H]1CN2CCC1CC2)c1n[nH]c2cc(-c3ccsc3)ccc12.O=CO. The zero-order chi connectivity index (χ0) is 19.5. The number of rotatable bonds is 3. The monoisotopic (exact) mass is 398 g/mol. The summed E-state index contributed by atoms with van der Waals surface area (Å²) in [4.78, 5) is 23.6. The molecule has 0 aliphatic carbocycles. The van der Waals surface area contributed by atoms with E-state index in [0.717, 1.165) is 23.0 Å². The second-order valence-corrected chi connectivity index (χ2v) is 7.95. The molecule has 146 valence electrons. The molecule has 2 bridgehead atoms. The molecule has 3 saturated heterocycles. The van der Waals surface area contributed by atoms with Gasteiger partial charge in [-0.25, -0.2) is 0 Å². The first-order valence-electron chi connectivity index (χ1n) is 9.31. The van der Waals surface area contributed by atoms with Gasteiger partial charge in [0.15, 0.2) is 5.69 Å². The maximum Gasteiger partial charge on any atom is 0.290 e. The van der Waals surface area contributed by atoms with Crippen LogP contribution in [0.15, 0.2) is 35.0 Å². The Hall–Kier alpha value is -2.71. The van der Waals surface area contributed by atoms with Crippen LogP contribution in [0.5, 0.6) is 0 Å². The Bertz CT molecular complexity index is 961. The number of benzene rings is 1. The van der Waals surface area contributed by atoms with E-state index in [0.29, 0.717) is 11.6 Å². The minimum absolute atomic E-state index is 0.0618. The summed E-state index contributed by atoms with van der Waals surface area (Å²) in [5.74, 6) is 0.553. The highest BCUT2D eigenvalue weighted by atomic mass is 32.1. The first-order chi connectivity index (χ1) is 13.7. The van der Waals surface area contributed by atoms with Gasteiger partial charge in [0.1, 0.15) is 0 Å². The number of H-pyrrole nitrogens is 1. The van der Waals surface area contributed by atoms with E-state index in [1.165, 1.54) is 31.5 Å². The number of aromatic nitrogens is 2. The molecular formula is C20H22N4O3S. The van der Waals surface area contributed by atoms with Gasteiger partial charge in [-0.2, -0.15) is 16.4 Å². The molecule has 0 radical (unpaired) electrons. The van der Waals surface area contributed by atoms with Crippen molar-refractivity contribution in [1.82, 2.24) is 20.4 Å². The van der Waals surface area contributed by atoms with Crippen LogP contribution in [0.1, 0.15) is 23.3 Å². The van der Waals surface area contributed by atoms with Crippen LogP contribution in [0, 0.1) is 5.92 Å². The molecule has 3 aliphatic rings. The van der Waals surface area contributed by atoms with Crippen molar-refractivity contribution in [2.45, 2.75) is 18.9 Å². The highest BCUT2D eigenvalue weighted by Crippen LogP contribution is 2.29. The van der Waals surface area contributed by atoms with Crippen LogP contribution < -0.4 is 5.32 Å². The number of amides is 1. The Morgan fingerprint density at radius 2 is 2.07 bits per heavy atom. The van der Waals surface area contributed by atoms with Crippen LogP contribution in [0.2, 0.25) is 0 Å². The van der Waals surface area contributed by atoms with Crippen LogP contribution in [-0.4, -0.2) is 58.3 Å². The van der Waals surface area contributed by atoms with Gasteiger partial charge in [0, 0.05) is 18.0 Å². The van der Waals surface area contributed by atoms with E-state index in [9.17, 15) is 4.79 Å². The number of thiophene rings is 1. The molecule has 2 aromatic heterocycles. The van der Waals surface area contributed by atoms with Gasteiger partial charge in [0.2, 0.25) is 0 Å². The van der Waals surface area contributed by atoms with Gasteiger partial charge in [-0.1, -0.05) is 6.07 Å². The maximum atomic E-state index is 12.8. The summed E-state index contributed by atoms with van der Waals surface area (Å²) in [6.45, 7) is 3.07. The molecule has 5 heterocycles. The summed E-state index contributed by atoms with van der Waals surface area (Å²) in [5.41, 5.74) is 3.74. The number of hydrogen-bond donors (Lipinski definition) is 3. The van der Waals surface area contributed by atoms with Crippen molar-refractivity contribution >= 4 is 34.6 Å². The van der Waals surface area contributed by atoms with Crippen LogP contribution in [-0.2, 0) is 4.79 Å². The number of carbonyl (C=O) groups is 2. The number of piperidine rings is 3. The number of fused-ring (bicyclic) bond motifs is 4. The minimum Gasteiger partial charge on any atom is -0.483 e. The number of hydrogen-bond acceptors (Lipinski definition) is 5. The quantitative estimate of drug-likeness (QED) is 0.590. The Kier molecular flexibility index (Phi) is 5.40. The molecule has 0 saturated carbocycles. The molecule has 7 nitrogen and oxygen atoms in total. The highest BCUT2D eigenvalue weighted by Gasteiger charge is 2.35. The minimum atomic E-state index is -0.250. The van der Waals surface area contributed by atoms with Crippen LogP contribution in [0.4, 0.5) is 0 Å². The van der Waals surface area contributed by atoms with E-state index < -0.39 is 0 Å². The Labute approximate surface area is 166 Å². The number of carbonyl (C=O) groups excluding carboxylic acids is 1. The zero-order valence-electron chi connectivity index (χ0n) is 15.3. The molecule has 3 fully saturated rings. The maximum absolute atomic E-state index is 12.8. The lowest BCUT2D eigenvalue weighted by atomic mass is 9.84. The second kappa shape index (κ2) is 8.12. The summed E-state index contributed by atoms with van der Waals surface area (Å²) < 4.78 is 0. The third-order valence-electron chi connectivity index (χ3n) is 5.61. The molecule has 1 amide bonds. The highest BCUT2D eigenvalue weighted by molar-refractivity contribution is 7.08. The summed E-state index contributed by atoms with van der Waals surface area (Å²) >= 11 is 1.68. The molecule has 8 heteroatoms. The lowest BCUT2D eigenvalue weighted by molar-refractivity contribution is -0.122. The van der Waals surface area contributed by atoms with Gasteiger partial charge in [-0.05, 0) is 71.9 Å². The first kappa shape index (κ1) is 18.6. The van der Waals surface area contributed by atoms with Crippen LogP contribution >= 0.6 is 11.3 Å². The summed E-state index contributed by atoms with van der Waals surface area (Å²) in [6, 6.07) is 8.48. The molecule has 28 heavy (non-hydrogen) atoms. The van der Waals surface area contributed by atoms with Gasteiger partial charge in [-0.3, -0.25) is 14.7 Å². The van der Waals surface area contributed by atoms with E-state index in [1.807, 2.05) is 6.07 Å². The Balaban J connectivity index is 0.000000604. The van der Waals surface area contributed by atoms with Crippen molar-refractivity contribution in [3.8, 4) is 11.1 Å². The van der Waals surface area contributed by atoms with Gasteiger partial charge in [0.05, 0.1) is 5.52 Å². The summed E-state index contributed by atoms with van der Waals surface area (Å²) in [7, 11) is 0. The molecular weight excluding hydrogens is 376 g/mol. The van der Waals surface area contributed by atoms with Gasteiger partial charge >= 0.3 is 0 Å². The van der Waals surface area contributed by atoms with Crippen molar-refractivity contribution in [2.24, 2.45) is 5.92 Å². The fraction of sp³-hybridized carbons (Fsp3) is 0.350. The third kappa shape index (κ3) is 3.65. The first-order valence-corrected chi connectivity index (χ1v) is 10.3. The average Bonchev–Trinajstić information content (AvgIpc) is 3.39. The molecule has 3 aromatic rings. The van der Waals surface area contributed by atoms with Crippen molar-refractivity contribution in [1.29, 1.82) is 0 Å².